The van der Waals surface area contributed by atoms with E-state index in [9.17, 15) is 0 Å². The predicted molar refractivity (Wildman–Crippen MR) is 187 cm³/mol. The molecule has 0 N–H and O–H groups in total. The van der Waals surface area contributed by atoms with E-state index in [4.69, 9.17) is 9.47 Å². The molecule has 0 saturated heterocycles. The summed E-state index contributed by atoms with van der Waals surface area (Å²) in [6.07, 6.45) is 23.2. The third-order valence-electron chi connectivity index (χ3n) is 11.6. The van der Waals surface area contributed by atoms with E-state index in [1.54, 1.807) is 7.11 Å². The quantitative estimate of drug-likeness (QED) is 0.102. The van der Waals surface area contributed by atoms with E-state index in [2.05, 4.69) is 39.5 Å². The molecule has 2 saturated carbocycles. The number of hydrogen-bond acceptors (Lipinski definition) is 2. The van der Waals surface area contributed by atoms with Crippen LogP contribution in [0.25, 0.3) is 0 Å². The summed E-state index contributed by atoms with van der Waals surface area (Å²) in [5.74, 6) is 5.20. The van der Waals surface area contributed by atoms with Crippen LogP contribution in [0.2, 0.25) is 0 Å². The van der Waals surface area contributed by atoms with Gasteiger partial charge in [0, 0.05) is 20.3 Å². The van der Waals surface area contributed by atoms with E-state index in [0.29, 0.717) is 18.4 Å². The van der Waals surface area contributed by atoms with Crippen LogP contribution in [0, 0.1) is 35.4 Å². The van der Waals surface area contributed by atoms with Crippen LogP contribution in [-0.4, -0.2) is 26.9 Å². The maximum atomic E-state index is 15.6. The van der Waals surface area contributed by atoms with Gasteiger partial charge in [-0.15, -0.1) is 0 Å². The molecule has 1 aromatic carbocycles. The van der Waals surface area contributed by atoms with Crippen LogP contribution in [0.4, 0.5) is 4.39 Å². The molecule has 0 bridgehead atoms. The molecule has 2 nitrogen and oxygen atoms in total. The van der Waals surface area contributed by atoms with E-state index in [0.717, 1.165) is 98.0 Å². The number of halogens is 1. The number of ether oxygens (including phenoxy) is 2. The zero-order valence-electron chi connectivity index (χ0n) is 29.5. The molecule has 2 fully saturated rings. The second-order valence-corrected chi connectivity index (χ2v) is 15.2. The van der Waals surface area contributed by atoms with Gasteiger partial charge in [0.15, 0.2) is 0 Å². The molecule has 3 atom stereocenters. The number of benzene rings is 1. The molecular formula is C41H69FO2. The monoisotopic (exact) mass is 613 g/mol. The molecule has 0 aliphatic heterocycles. The highest BCUT2D eigenvalue weighted by Gasteiger charge is 2.29. The van der Waals surface area contributed by atoms with E-state index in [-0.39, 0.29) is 5.82 Å². The highest BCUT2D eigenvalue weighted by molar-refractivity contribution is 5.30. The minimum Gasteiger partial charge on any atom is -0.385 e. The zero-order chi connectivity index (χ0) is 31.7. The van der Waals surface area contributed by atoms with Crippen molar-refractivity contribution in [2.75, 3.05) is 26.9 Å². The second-order valence-electron chi connectivity index (χ2n) is 15.2. The van der Waals surface area contributed by atoms with Crippen molar-refractivity contribution in [2.45, 2.75) is 155 Å². The maximum Gasteiger partial charge on any atom is 0.126 e. The van der Waals surface area contributed by atoms with Crippen molar-refractivity contribution >= 4 is 0 Å². The topological polar surface area (TPSA) is 18.5 Å². The first-order valence-corrected chi connectivity index (χ1v) is 18.8. The van der Waals surface area contributed by atoms with Crippen molar-refractivity contribution in [1.82, 2.24) is 0 Å². The first kappa shape index (κ1) is 37.3. The van der Waals surface area contributed by atoms with Crippen LogP contribution < -0.4 is 0 Å². The molecule has 2 aliphatic carbocycles. The minimum absolute atomic E-state index is 0.0168. The lowest BCUT2D eigenvalue weighted by molar-refractivity contribution is 0.148. The van der Waals surface area contributed by atoms with Gasteiger partial charge in [0.1, 0.15) is 5.82 Å². The summed E-state index contributed by atoms with van der Waals surface area (Å²) in [4.78, 5) is 0. The zero-order valence-corrected chi connectivity index (χ0v) is 29.5. The van der Waals surface area contributed by atoms with Crippen LogP contribution in [-0.2, 0) is 9.47 Å². The molecule has 3 rings (SSSR count). The van der Waals surface area contributed by atoms with Crippen molar-refractivity contribution in [3.8, 4) is 0 Å². The van der Waals surface area contributed by atoms with Gasteiger partial charge < -0.3 is 9.47 Å². The van der Waals surface area contributed by atoms with Crippen LogP contribution in [0.1, 0.15) is 166 Å². The molecule has 0 amide bonds. The van der Waals surface area contributed by atoms with E-state index in [1.165, 1.54) is 77.0 Å². The highest BCUT2D eigenvalue weighted by atomic mass is 19.1. The van der Waals surface area contributed by atoms with Crippen LogP contribution in [0.5, 0.6) is 0 Å². The third-order valence-corrected chi connectivity index (χ3v) is 11.6. The average Bonchev–Trinajstić information content (AvgIpc) is 3.03. The Morgan fingerprint density at radius 1 is 0.841 bits per heavy atom. The number of methoxy groups -OCH3 is 1. The Bertz CT molecular complexity index is 911. The van der Waals surface area contributed by atoms with Crippen LogP contribution in [0.3, 0.4) is 0 Å². The smallest absolute Gasteiger partial charge is 0.126 e. The van der Waals surface area contributed by atoms with Crippen LogP contribution >= 0.6 is 0 Å². The molecular weight excluding hydrogens is 543 g/mol. The summed E-state index contributed by atoms with van der Waals surface area (Å²) in [6, 6.07) is 6.20. The Balaban J connectivity index is 1.42. The normalized spacial score (nSPS) is 24.6. The van der Waals surface area contributed by atoms with Gasteiger partial charge in [0.2, 0.25) is 0 Å². The molecule has 44 heavy (non-hydrogen) atoms. The largest absolute Gasteiger partial charge is 0.385 e. The van der Waals surface area contributed by atoms with E-state index in [1.807, 2.05) is 13.0 Å². The summed E-state index contributed by atoms with van der Waals surface area (Å²) in [6.45, 7) is 15.4. The molecule has 0 radical (unpaired) electrons. The lowest BCUT2D eigenvalue weighted by atomic mass is 9.70. The summed E-state index contributed by atoms with van der Waals surface area (Å²) in [7, 11) is 1.76. The molecule has 0 aromatic heterocycles. The summed E-state index contributed by atoms with van der Waals surface area (Å²) in [5.41, 5.74) is 3.15. The average molecular weight is 613 g/mol. The van der Waals surface area contributed by atoms with Crippen molar-refractivity contribution in [1.29, 1.82) is 0 Å². The van der Waals surface area contributed by atoms with Gasteiger partial charge in [-0.25, -0.2) is 4.39 Å². The van der Waals surface area contributed by atoms with Gasteiger partial charge in [-0.2, -0.15) is 0 Å². The first-order valence-electron chi connectivity index (χ1n) is 18.8. The lowest BCUT2D eigenvalue weighted by Gasteiger charge is -2.35. The van der Waals surface area contributed by atoms with Crippen molar-refractivity contribution in [3.63, 3.8) is 0 Å². The van der Waals surface area contributed by atoms with Gasteiger partial charge >= 0.3 is 0 Å². The SMILES string of the molecule is C=C(C)COCCCC(CCCOC)c1ccc(C2CCC(C(C)CCC(C)C3CCC(CCCCC)CC3)CC2)c(F)c1. The Morgan fingerprint density at radius 3 is 2.02 bits per heavy atom. The fourth-order valence-electron chi connectivity index (χ4n) is 8.48. The third kappa shape index (κ3) is 12.9. The molecule has 0 spiro atoms. The molecule has 1 aromatic rings. The van der Waals surface area contributed by atoms with Crippen molar-refractivity contribution in [3.05, 3.63) is 47.3 Å². The Hall–Kier alpha value is -1.19. The molecule has 3 unspecified atom stereocenters. The standard InChI is InChI=1S/C41H69FO2/c1-7-8-9-12-34-17-19-35(20-18-34)32(4)15-16-33(5)36-21-23-38(24-22-36)40-26-25-39(29-41(40)42)37(13-10-27-43-6)14-11-28-44-30-31(2)3/h25-26,29,32-38H,2,7-24,27-28,30H2,1,3-6H3. The van der Waals surface area contributed by atoms with Gasteiger partial charge in [-0.3, -0.25) is 0 Å². The van der Waals surface area contributed by atoms with Crippen molar-refractivity contribution < 1.29 is 13.9 Å². The second kappa shape index (κ2) is 20.8. The van der Waals surface area contributed by atoms with Crippen LogP contribution in [0.15, 0.2) is 30.4 Å². The number of unbranched alkanes of at least 4 members (excludes halogenated alkanes) is 2. The van der Waals surface area contributed by atoms with Gasteiger partial charge in [0.05, 0.1) is 6.61 Å². The molecule has 3 heteroatoms. The Kier molecular flexibility index (Phi) is 17.6. The van der Waals surface area contributed by atoms with Gasteiger partial charge in [-0.05, 0) is 130 Å². The highest BCUT2D eigenvalue weighted by Crippen LogP contribution is 2.43. The fourth-order valence-corrected chi connectivity index (χ4v) is 8.48. The number of rotatable bonds is 21. The summed E-state index contributed by atoms with van der Waals surface area (Å²) >= 11 is 0. The Labute approximate surface area is 272 Å². The number of hydrogen-bond donors (Lipinski definition) is 0. The lowest BCUT2D eigenvalue weighted by Crippen LogP contribution is -2.23. The first-order chi connectivity index (χ1) is 21.3. The summed E-state index contributed by atoms with van der Waals surface area (Å²) in [5, 5.41) is 0. The maximum absolute atomic E-state index is 15.6. The predicted octanol–water partition coefficient (Wildman–Crippen LogP) is 12.4. The fraction of sp³-hybridized carbons (Fsp3) is 0.805. The van der Waals surface area contributed by atoms with Crippen molar-refractivity contribution in [2.24, 2.45) is 29.6 Å². The molecule has 252 valence electrons. The Morgan fingerprint density at radius 2 is 1.45 bits per heavy atom. The molecule has 2 aliphatic rings. The minimum atomic E-state index is 0.0168. The van der Waals surface area contributed by atoms with Gasteiger partial charge in [0.25, 0.3) is 0 Å². The summed E-state index contributed by atoms with van der Waals surface area (Å²) < 4.78 is 26.6. The van der Waals surface area contributed by atoms with E-state index >= 15 is 4.39 Å². The molecule has 0 heterocycles. The van der Waals surface area contributed by atoms with Gasteiger partial charge in [-0.1, -0.05) is 96.4 Å². The van der Waals surface area contributed by atoms with E-state index < -0.39 is 0 Å².